The van der Waals surface area contributed by atoms with Crippen LogP contribution in [0.4, 0.5) is 17.6 Å². The van der Waals surface area contributed by atoms with E-state index in [0.29, 0.717) is 55.8 Å². The summed E-state index contributed by atoms with van der Waals surface area (Å²) >= 11 is 0. The lowest BCUT2D eigenvalue weighted by Gasteiger charge is -2.59. The number of likely N-dealkylation sites (tertiary alicyclic amines) is 1. The third-order valence-corrected chi connectivity index (χ3v) is 12.9. The molecule has 1 saturated heterocycles. The Morgan fingerprint density at radius 1 is 0.961 bits per heavy atom. The van der Waals surface area contributed by atoms with Gasteiger partial charge in [-0.3, -0.25) is 9.69 Å². The number of benzene rings is 1. The minimum Gasteiger partial charge on any atom is -0.490 e. The van der Waals surface area contributed by atoms with E-state index < -0.39 is 40.5 Å². The van der Waals surface area contributed by atoms with Gasteiger partial charge < -0.3 is 19.7 Å². The van der Waals surface area contributed by atoms with Gasteiger partial charge in [-0.05, 0) is 106 Å². The molecule has 1 amide bonds. The fraction of sp³-hybridized carbons (Fsp3) is 0.632. The van der Waals surface area contributed by atoms with Crippen LogP contribution in [0.5, 0.6) is 5.75 Å². The fourth-order valence-electron chi connectivity index (χ4n) is 10.5. The molecule has 0 atom stereocenters. The van der Waals surface area contributed by atoms with E-state index in [-0.39, 0.29) is 48.9 Å². The van der Waals surface area contributed by atoms with Crippen LogP contribution in [-0.4, -0.2) is 73.1 Å². The summed E-state index contributed by atoms with van der Waals surface area (Å²) < 4.78 is 65.9. The Balaban J connectivity index is 0.982. The Labute approximate surface area is 293 Å². The van der Waals surface area contributed by atoms with Crippen LogP contribution in [0.25, 0.3) is 22.3 Å². The number of hydrogen-bond donors (Lipinski definition) is 2. The molecule has 3 heterocycles. The topological polar surface area (TPSA) is 110 Å². The third-order valence-electron chi connectivity index (χ3n) is 12.9. The SMILES string of the molecule is CC(F)(F)c1nc(-c2cn(C3CC3)c3cc(O[C@H]4CC[C@H](N5CC(F)(F)C5)CC4)ccc23)ncc1C(=O)NC1(C(=O)O)C2CC3CC(C2)CC1C3. The number of aliphatic carboxylic acids is 1. The predicted molar refractivity (Wildman–Crippen MR) is 179 cm³/mol. The lowest BCUT2D eigenvalue weighted by Crippen LogP contribution is -2.70. The van der Waals surface area contributed by atoms with Crippen LogP contribution in [0.3, 0.4) is 0 Å². The molecule has 7 fully saturated rings. The first-order valence-electron chi connectivity index (χ1n) is 18.5. The number of rotatable bonds is 9. The van der Waals surface area contributed by atoms with E-state index in [9.17, 15) is 23.5 Å². The summed E-state index contributed by atoms with van der Waals surface area (Å²) in [6, 6.07) is 6.08. The van der Waals surface area contributed by atoms with Gasteiger partial charge in [-0.15, -0.1) is 0 Å². The van der Waals surface area contributed by atoms with Gasteiger partial charge in [0.25, 0.3) is 17.8 Å². The highest BCUT2D eigenvalue weighted by Crippen LogP contribution is 2.58. The molecule has 6 aliphatic carbocycles. The number of hydrogen-bond acceptors (Lipinski definition) is 6. The zero-order valence-electron chi connectivity index (χ0n) is 28.6. The molecule has 272 valence electrons. The molecule has 10 rings (SSSR count). The summed E-state index contributed by atoms with van der Waals surface area (Å²) in [6.07, 6.45) is 12.0. The summed E-state index contributed by atoms with van der Waals surface area (Å²) in [7, 11) is 0. The molecule has 0 radical (unpaired) electrons. The second-order valence-corrected chi connectivity index (χ2v) is 16.4. The smallest absolute Gasteiger partial charge is 0.330 e. The standard InChI is InChI=1S/C38H43F4N5O4/c1-36(39,40)32-29(34(48)45-38(35(49)50)22-11-20-10-21(13-22)14-23(38)12-20)16-43-33(44-32)30-17-47(25-2-3-25)31-15-27(8-9-28(30)31)51-26-6-4-24(5-7-26)46-18-37(41,42)19-46/h8-9,15-17,20-26H,2-7,10-14,18-19H2,1H3,(H,45,48)(H,49,50)/t20?,21?,22?,23?,24-,26-,38?. The maximum Gasteiger partial charge on any atom is 0.330 e. The van der Waals surface area contributed by atoms with Gasteiger partial charge in [0.1, 0.15) is 17.0 Å². The number of halogens is 4. The van der Waals surface area contributed by atoms with Crippen LogP contribution in [0.15, 0.2) is 30.6 Å². The van der Waals surface area contributed by atoms with Crippen LogP contribution < -0.4 is 10.1 Å². The average Bonchev–Trinajstić information content (AvgIpc) is 3.84. The van der Waals surface area contributed by atoms with Crippen LogP contribution >= 0.6 is 0 Å². The highest BCUT2D eigenvalue weighted by Gasteiger charge is 2.62. The van der Waals surface area contributed by atoms with Crippen LogP contribution in [0, 0.1) is 23.7 Å². The summed E-state index contributed by atoms with van der Waals surface area (Å²) in [6.45, 7) is 0.365. The van der Waals surface area contributed by atoms with Gasteiger partial charge in [0, 0.05) is 48.4 Å². The average molecular weight is 710 g/mol. The van der Waals surface area contributed by atoms with E-state index in [4.69, 9.17) is 4.74 Å². The molecule has 2 aromatic heterocycles. The first-order valence-corrected chi connectivity index (χ1v) is 18.5. The lowest BCUT2D eigenvalue weighted by atomic mass is 9.48. The number of fused-ring (bicyclic) bond motifs is 1. The molecule has 1 aliphatic heterocycles. The molecule has 9 nitrogen and oxygen atoms in total. The normalized spacial score (nSPS) is 32.9. The summed E-state index contributed by atoms with van der Waals surface area (Å²) in [5, 5.41) is 14.0. The van der Waals surface area contributed by atoms with Gasteiger partial charge >= 0.3 is 5.97 Å². The van der Waals surface area contributed by atoms with E-state index in [2.05, 4.69) is 19.9 Å². The van der Waals surface area contributed by atoms with Crippen molar-refractivity contribution >= 4 is 22.8 Å². The van der Waals surface area contributed by atoms with E-state index in [1.54, 1.807) is 0 Å². The second kappa shape index (κ2) is 11.6. The fourth-order valence-corrected chi connectivity index (χ4v) is 10.5. The highest BCUT2D eigenvalue weighted by atomic mass is 19.3. The van der Waals surface area contributed by atoms with Gasteiger partial charge in [0.2, 0.25) is 0 Å². The number of carboxylic acids is 1. The Morgan fingerprint density at radius 2 is 1.61 bits per heavy atom. The number of nitrogens with zero attached hydrogens (tertiary/aromatic N) is 4. The molecule has 4 bridgehead atoms. The molecular formula is C38H43F4N5O4. The van der Waals surface area contributed by atoms with E-state index >= 15 is 8.78 Å². The van der Waals surface area contributed by atoms with Gasteiger partial charge in [-0.2, -0.15) is 8.78 Å². The van der Waals surface area contributed by atoms with Crippen LogP contribution in [0.1, 0.15) is 99.6 Å². The molecule has 2 N–H and O–H groups in total. The summed E-state index contributed by atoms with van der Waals surface area (Å²) in [5.74, 6) is -6.90. The second-order valence-electron chi connectivity index (χ2n) is 16.4. The number of nitrogens with one attached hydrogen (secondary N) is 1. The predicted octanol–water partition coefficient (Wildman–Crippen LogP) is 7.20. The molecule has 6 saturated carbocycles. The highest BCUT2D eigenvalue weighted by molar-refractivity contribution is 6.00. The van der Waals surface area contributed by atoms with E-state index in [0.717, 1.165) is 62.0 Å². The van der Waals surface area contributed by atoms with Crippen molar-refractivity contribution in [2.75, 3.05) is 13.1 Å². The molecule has 0 unspecified atom stereocenters. The van der Waals surface area contributed by atoms with Crippen molar-refractivity contribution in [1.29, 1.82) is 0 Å². The van der Waals surface area contributed by atoms with Crippen molar-refractivity contribution < 1.29 is 37.0 Å². The Kier molecular flexibility index (Phi) is 7.55. The Morgan fingerprint density at radius 3 is 2.20 bits per heavy atom. The van der Waals surface area contributed by atoms with Crippen molar-refractivity contribution in [2.45, 2.75) is 113 Å². The Hall–Kier alpha value is -3.74. The molecular weight excluding hydrogens is 666 g/mol. The summed E-state index contributed by atoms with van der Waals surface area (Å²) in [4.78, 5) is 37.3. The van der Waals surface area contributed by atoms with Gasteiger partial charge in [0.15, 0.2) is 5.82 Å². The first kappa shape index (κ1) is 33.1. The number of amides is 1. The largest absolute Gasteiger partial charge is 0.490 e. The molecule has 13 heteroatoms. The molecule has 3 aromatic rings. The maximum atomic E-state index is 15.3. The number of ether oxygens (including phenoxy) is 1. The number of aromatic nitrogens is 3. The van der Waals surface area contributed by atoms with Crippen molar-refractivity contribution in [3.8, 4) is 17.1 Å². The molecule has 7 aliphatic rings. The molecule has 0 spiro atoms. The van der Waals surface area contributed by atoms with Crippen molar-refractivity contribution in [1.82, 2.24) is 24.8 Å². The molecule has 1 aromatic carbocycles. The van der Waals surface area contributed by atoms with E-state index in [1.807, 2.05) is 29.3 Å². The lowest BCUT2D eigenvalue weighted by molar-refractivity contribution is -0.163. The third kappa shape index (κ3) is 5.68. The first-order chi connectivity index (χ1) is 24.3. The van der Waals surface area contributed by atoms with Crippen molar-refractivity contribution in [3.63, 3.8) is 0 Å². The van der Waals surface area contributed by atoms with Gasteiger partial charge in [0.05, 0.1) is 30.3 Å². The zero-order valence-corrected chi connectivity index (χ0v) is 28.6. The monoisotopic (exact) mass is 709 g/mol. The summed E-state index contributed by atoms with van der Waals surface area (Å²) in [5.41, 5.74) is -1.23. The number of alkyl halides is 4. The van der Waals surface area contributed by atoms with Gasteiger partial charge in [-0.1, -0.05) is 0 Å². The minimum absolute atomic E-state index is 0.0280. The van der Waals surface area contributed by atoms with Crippen LogP contribution in [-0.2, 0) is 10.7 Å². The number of carboxylic acid groups (broad SMARTS) is 1. The van der Waals surface area contributed by atoms with Crippen molar-refractivity contribution in [2.24, 2.45) is 23.7 Å². The van der Waals surface area contributed by atoms with Crippen molar-refractivity contribution in [3.05, 3.63) is 41.9 Å². The maximum absolute atomic E-state index is 15.3. The zero-order chi connectivity index (χ0) is 35.4. The number of carbonyl (C=O) groups excluding carboxylic acids is 1. The molecule has 51 heavy (non-hydrogen) atoms. The Bertz CT molecular complexity index is 1860. The van der Waals surface area contributed by atoms with Gasteiger partial charge in [-0.25, -0.2) is 23.5 Å². The minimum atomic E-state index is -3.50. The van der Waals surface area contributed by atoms with Crippen LogP contribution in [0.2, 0.25) is 0 Å². The quantitative estimate of drug-likeness (QED) is 0.226. The number of carbonyl (C=O) groups is 2. The van der Waals surface area contributed by atoms with E-state index in [1.165, 1.54) is 0 Å².